The zero-order valence-electron chi connectivity index (χ0n) is 30.7. The molecule has 12 nitrogen and oxygen atoms in total. The van der Waals surface area contributed by atoms with Crippen LogP contribution in [0.5, 0.6) is 5.75 Å². The summed E-state index contributed by atoms with van der Waals surface area (Å²) >= 11 is 14.0. The van der Waals surface area contributed by atoms with Gasteiger partial charge in [0.1, 0.15) is 24.5 Å². The molecule has 3 heterocycles. The van der Waals surface area contributed by atoms with Gasteiger partial charge in [-0.25, -0.2) is 0 Å². The van der Waals surface area contributed by atoms with E-state index in [1.54, 1.807) is 24.4 Å². The SMILES string of the molecule is N#Cc1cncc(COc2cc(Cn3ncc4c(-c5cccc(-c6ccc(CNC[C@@H]7CCC(=O)N7)cc6)c5Cl)cccc43)c(Cl)cc2CNC(CO)C(=O)O)c1. The number of fused-ring (bicyclic) bond motifs is 1. The number of carbonyl (C=O) groups is 2. The molecule has 14 heteroatoms. The molecule has 1 fully saturated rings. The number of halogens is 2. The Hall–Kier alpha value is -5.81. The third-order valence-electron chi connectivity index (χ3n) is 9.93. The highest BCUT2D eigenvalue weighted by molar-refractivity contribution is 6.36. The first kappa shape index (κ1) is 39.4. The topological polar surface area (TPSA) is 174 Å². The summed E-state index contributed by atoms with van der Waals surface area (Å²) in [7, 11) is 0. The lowest BCUT2D eigenvalue weighted by Gasteiger charge is -2.18. The van der Waals surface area contributed by atoms with Crippen LogP contribution in [-0.2, 0) is 35.8 Å². The zero-order valence-corrected chi connectivity index (χ0v) is 32.2. The highest BCUT2D eigenvalue weighted by Gasteiger charge is 2.21. The molecule has 2 atom stereocenters. The van der Waals surface area contributed by atoms with Crippen LogP contribution in [0, 0.1) is 11.3 Å². The maximum Gasteiger partial charge on any atom is 0.323 e. The molecule has 1 amide bonds. The average molecular weight is 805 g/mol. The van der Waals surface area contributed by atoms with Crippen molar-refractivity contribution >= 4 is 46.0 Å². The van der Waals surface area contributed by atoms with Gasteiger partial charge in [-0.1, -0.05) is 77.8 Å². The van der Waals surface area contributed by atoms with Crippen molar-refractivity contribution in [1.82, 2.24) is 30.7 Å². The summed E-state index contributed by atoms with van der Waals surface area (Å²) in [6, 6.07) is 26.5. The lowest BCUT2D eigenvalue weighted by molar-refractivity contribution is -0.140. The van der Waals surface area contributed by atoms with E-state index in [0.29, 0.717) is 57.6 Å². The van der Waals surface area contributed by atoms with Crippen LogP contribution >= 0.6 is 23.2 Å². The first-order valence-corrected chi connectivity index (χ1v) is 19.1. The molecule has 57 heavy (non-hydrogen) atoms. The number of aliphatic hydroxyl groups is 1. The van der Waals surface area contributed by atoms with Gasteiger partial charge in [0, 0.05) is 77.2 Å². The van der Waals surface area contributed by atoms with Crippen molar-refractivity contribution in [3.05, 3.63) is 135 Å². The number of nitriles is 1. The molecule has 4 aromatic carbocycles. The number of ether oxygens (including phenoxy) is 1. The number of benzene rings is 4. The van der Waals surface area contributed by atoms with E-state index in [-0.39, 0.29) is 25.1 Å². The van der Waals surface area contributed by atoms with Gasteiger partial charge in [-0.2, -0.15) is 10.4 Å². The number of rotatable bonds is 16. The molecule has 6 aromatic rings. The maximum absolute atomic E-state index is 11.6. The van der Waals surface area contributed by atoms with E-state index in [2.05, 4.69) is 51.3 Å². The Kier molecular flexibility index (Phi) is 12.4. The second-order valence-electron chi connectivity index (χ2n) is 13.8. The first-order chi connectivity index (χ1) is 27.7. The molecular weight excluding hydrogens is 765 g/mol. The number of aliphatic carboxylic acids is 1. The van der Waals surface area contributed by atoms with Crippen LogP contribution in [0.3, 0.4) is 0 Å². The molecule has 0 bridgehead atoms. The largest absolute Gasteiger partial charge is 0.489 e. The Morgan fingerprint density at radius 1 is 0.982 bits per heavy atom. The van der Waals surface area contributed by atoms with E-state index in [1.165, 1.54) is 6.20 Å². The number of carboxylic acid groups (broad SMARTS) is 1. The standard InChI is InChI=1S/C43H39Cl2N7O5/c44-37-14-30(20-49-38(24-53)43(55)56)40(57-25-28-13-27(16-46)18-47-19-28)15-31(37)23-52-39-6-2-4-34(36(39)22-50-52)35-5-1-3-33(42(35)45)29-9-7-26(8-10-29)17-48-21-32-11-12-41(54)51-32/h1-10,13-15,18-19,22,32,38,48-49,53H,11-12,17,20-21,23-25H2,(H,51,54)(H,55,56)/t32-,38?/m0/s1. The second-order valence-corrected chi connectivity index (χ2v) is 14.6. The number of amides is 1. The van der Waals surface area contributed by atoms with Crippen molar-refractivity contribution in [2.45, 2.75) is 51.2 Å². The Balaban J connectivity index is 1.12. The Labute approximate surface area is 339 Å². The van der Waals surface area contributed by atoms with E-state index < -0.39 is 18.6 Å². The van der Waals surface area contributed by atoms with Crippen molar-refractivity contribution in [2.24, 2.45) is 0 Å². The molecule has 290 valence electrons. The number of aromatic nitrogens is 3. The minimum atomic E-state index is -1.19. The fraction of sp³-hybridized carbons (Fsp3) is 0.233. The third-order valence-corrected chi connectivity index (χ3v) is 10.7. The van der Waals surface area contributed by atoms with Crippen molar-refractivity contribution in [3.8, 4) is 34.1 Å². The molecule has 2 aromatic heterocycles. The van der Waals surface area contributed by atoms with Crippen LogP contribution < -0.4 is 20.7 Å². The van der Waals surface area contributed by atoms with Gasteiger partial charge in [-0.05, 0) is 52.9 Å². The van der Waals surface area contributed by atoms with Crippen molar-refractivity contribution in [3.63, 3.8) is 0 Å². The molecular formula is C43H39Cl2N7O5. The van der Waals surface area contributed by atoms with E-state index in [1.807, 2.05) is 47.3 Å². The van der Waals surface area contributed by atoms with Gasteiger partial charge in [-0.3, -0.25) is 24.6 Å². The summed E-state index contributed by atoms with van der Waals surface area (Å²) in [6.45, 7) is 1.28. The Morgan fingerprint density at radius 2 is 1.77 bits per heavy atom. The van der Waals surface area contributed by atoms with Crippen LogP contribution in [0.1, 0.15) is 40.7 Å². The Morgan fingerprint density at radius 3 is 2.53 bits per heavy atom. The average Bonchev–Trinajstić information content (AvgIpc) is 3.84. The molecule has 5 N–H and O–H groups in total. The van der Waals surface area contributed by atoms with Crippen molar-refractivity contribution < 1.29 is 24.5 Å². The number of aliphatic hydroxyl groups excluding tert-OH is 1. The monoisotopic (exact) mass is 803 g/mol. The van der Waals surface area contributed by atoms with Gasteiger partial charge in [0.05, 0.1) is 35.5 Å². The minimum absolute atomic E-state index is 0.0565. The first-order valence-electron chi connectivity index (χ1n) is 18.4. The lowest BCUT2D eigenvalue weighted by atomic mass is 9.96. The smallest absolute Gasteiger partial charge is 0.323 e. The summed E-state index contributed by atoms with van der Waals surface area (Å²) < 4.78 is 8.06. The predicted molar refractivity (Wildman–Crippen MR) is 218 cm³/mol. The number of hydrogen-bond donors (Lipinski definition) is 5. The molecule has 7 rings (SSSR count). The third kappa shape index (κ3) is 9.26. The number of carboxylic acids is 1. The quantitative estimate of drug-likeness (QED) is 0.0730. The molecule has 1 unspecified atom stereocenters. The van der Waals surface area contributed by atoms with Gasteiger partial charge >= 0.3 is 5.97 Å². The number of nitrogens with one attached hydrogen (secondary N) is 3. The highest BCUT2D eigenvalue weighted by Crippen LogP contribution is 2.39. The highest BCUT2D eigenvalue weighted by atomic mass is 35.5. The van der Waals surface area contributed by atoms with E-state index >= 15 is 0 Å². The van der Waals surface area contributed by atoms with Crippen LogP contribution in [0.4, 0.5) is 0 Å². The summed E-state index contributed by atoms with van der Waals surface area (Å²) in [5.74, 6) is -0.634. The minimum Gasteiger partial charge on any atom is -0.489 e. The summed E-state index contributed by atoms with van der Waals surface area (Å²) in [6.07, 6.45) is 6.33. The number of nitrogens with zero attached hydrogens (tertiary/aromatic N) is 4. The van der Waals surface area contributed by atoms with E-state index in [9.17, 15) is 25.1 Å². The molecule has 1 saturated heterocycles. The van der Waals surface area contributed by atoms with Crippen molar-refractivity contribution in [2.75, 3.05) is 13.2 Å². The van der Waals surface area contributed by atoms with Gasteiger partial charge < -0.3 is 25.6 Å². The van der Waals surface area contributed by atoms with Gasteiger partial charge in [-0.15, -0.1) is 0 Å². The molecule has 0 spiro atoms. The molecule has 0 saturated carbocycles. The number of carbonyl (C=O) groups excluding carboxylic acids is 1. The molecule has 0 aliphatic carbocycles. The summed E-state index contributed by atoms with van der Waals surface area (Å²) in [4.78, 5) is 27.2. The van der Waals surface area contributed by atoms with Crippen LogP contribution in [0.2, 0.25) is 10.0 Å². The summed E-state index contributed by atoms with van der Waals surface area (Å²) in [5, 5.41) is 44.3. The Bertz CT molecular complexity index is 2470. The normalized spacial score (nSPS) is 14.4. The fourth-order valence-corrected chi connectivity index (χ4v) is 7.48. The predicted octanol–water partition coefficient (Wildman–Crippen LogP) is 6.47. The van der Waals surface area contributed by atoms with Crippen molar-refractivity contribution in [1.29, 1.82) is 5.26 Å². The number of hydrogen-bond acceptors (Lipinski definition) is 9. The van der Waals surface area contributed by atoms with Crippen LogP contribution in [0.25, 0.3) is 33.2 Å². The maximum atomic E-state index is 11.6. The van der Waals surface area contributed by atoms with Gasteiger partial charge in [0.2, 0.25) is 5.91 Å². The molecule has 0 radical (unpaired) electrons. The fourth-order valence-electron chi connectivity index (χ4n) is 6.89. The molecule has 1 aliphatic heterocycles. The van der Waals surface area contributed by atoms with E-state index in [4.69, 9.17) is 33.0 Å². The van der Waals surface area contributed by atoms with Crippen LogP contribution in [0.15, 0.2) is 97.5 Å². The molecule has 1 aliphatic rings. The lowest BCUT2D eigenvalue weighted by Crippen LogP contribution is -2.39. The number of pyridine rings is 1. The van der Waals surface area contributed by atoms with Crippen LogP contribution in [-0.4, -0.2) is 62.1 Å². The van der Waals surface area contributed by atoms with Gasteiger partial charge in [0.25, 0.3) is 0 Å². The zero-order chi connectivity index (χ0) is 39.9. The van der Waals surface area contributed by atoms with Gasteiger partial charge in [0.15, 0.2) is 0 Å². The summed E-state index contributed by atoms with van der Waals surface area (Å²) in [5.41, 5.74) is 8.04. The van der Waals surface area contributed by atoms with E-state index in [0.717, 1.165) is 51.7 Å². The second kappa shape index (κ2) is 18.0.